The molecule has 1 rings (SSSR count). The van der Waals surface area contributed by atoms with E-state index in [-0.39, 0.29) is 0 Å². The van der Waals surface area contributed by atoms with Crippen molar-refractivity contribution in [3.8, 4) is 0 Å². The number of nitrogens with one attached hydrogen (secondary N) is 1. The molecule has 1 heterocycles. The molecule has 0 spiro atoms. The summed E-state index contributed by atoms with van der Waals surface area (Å²) in [6.07, 6.45) is 5.91. The highest BCUT2D eigenvalue weighted by Gasteiger charge is 1.91. The summed E-state index contributed by atoms with van der Waals surface area (Å²) in [6, 6.07) is 0. The van der Waals surface area contributed by atoms with Gasteiger partial charge in [-0.05, 0) is 6.92 Å². The van der Waals surface area contributed by atoms with Crippen molar-refractivity contribution in [1.29, 1.82) is 0 Å². The molecule has 0 aromatic heterocycles. The number of allylic oxidation sites excluding steroid dienone is 1. The lowest BCUT2D eigenvalue weighted by Gasteiger charge is -2.14. The van der Waals surface area contributed by atoms with Crippen molar-refractivity contribution in [2.24, 2.45) is 0 Å². The van der Waals surface area contributed by atoms with Gasteiger partial charge in [0.1, 0.15) is 0 Å². The molecule has 0 radical (unpaired) electrons. The Morgan fingerprint density at radius 3 is 2.75 bits per heavy atom. The molecule has 2 heteroatoms. The van der Waals surface area contributed by atoms with Gasteiger partial charge in [-0.3, -0.25) is 0 Å². The van der Waals surface area contributed by atoms with Crippen molar-refractivity contribution in [1.82, 2.24) is 10.2 Å². The molecular formula is C6H10N2. The molecule has 2 nitrogen and oxygen atoms in total. The minimum absolute atomic E-state index is 1.18. The van der Waals surface area contributed by atoms with Crippen LogP contribution in [-0.4, -0.2) is 11.9 Å². The Labute approximate surface area is 49.5 Å². The Bertz CT molecular complexity index is 135. The van der Waals surface area contributed by atoms with Crippen molar-refractivity contribution in [2.45, 2.75) is 6.92 Å². The molecule has 0 aromatic rings. The molecule has 0 unspecified atom stereocenters. The van der Waals surface area contributed by atoms with Gasteiger partial charge < -0.3 is 10.2 Å². The Morgan fingerprint density at radius 1 is 1.62 bits per heavy atom. The third-order valence-corrected chi connectivity index (χ3v) is 1.02. The Hall–Kier alpha value is -0.920. The summed E-state index contributed by atoms with van der Waals surface area (Å²) in [6.45, 7) is 2.03. The lowest BCUT2D eigenvalue weighted by molar-refractivity contribution is 0.594. The van der Waals surface area contributed by atoms with Crippen LogP contribution in [-0.2, 0) is 0 Å². The van der Waals surface area contributed by atoms with Gasteiger partial charge in [0.25, 0.3) is 0 Å². The second kappa shape index (κ2) is 1.90. The SMILES string of the molecule is CC1=CN(C)C=CN1. The molecule has 0 saturated carbocycles. The van der Waals surface area contributed by atoms with E-state index >= 15 is 0 Å². The van der Waals surface area contributed by atoms with Gasteiger partial charge in [-0.25, -0.2) is 0 Å². The van der Waals surface area contributed by atoms with Crippen LogP contribution in [0, 0.1) is 0 Å². The highest BCUT2D eigenvalue weighted by molar-refractivity contribution is 5.06. The van der Waals surface area contributed by atoms with E-state index < -0.39 is 0 Å². The first-order valence-electron chi connectivity index (χ1n) is 2.62. The first kappa shape index (κ1) is 5.22. The van der Waals surface area contributed by atoms with Crippen molar-refractivity contribution in [3.05, 3.63) is 24.3 Å². The topological polar surface area (TPSA) is 15.3 Å². The van der Waals surface area contributed by atoms with Crippen LogP contribution >= 0.6 is 0 Å². The predicted molar refractivity (Wildman–Crippen MR) is 33.8 cm³/mol. The third-order valence-electron chi connectivity index (χ3n) is 1.02. The first-order chi connectivity index (χ1) is 3.79. The van der Waals surface area contributed by atoms with Crippen molar-refractivity contribution in [3.63, 3.8) is 0 Å². The monoisotopic (exact) mass is 110 g/mol. The molecule has 0 amide bonds. The summed E-state index contributed by atoms with van der Waals surface area (Å²) in [7, 11) is 2.00. The molecule has 44 valence electrons. The zero-order chi connectivity index (χ0) is 5.98. The smallest absolute Gasteiger partial charge is 0.0280 e. The van der Waals surface area contributed by atoms with Gasteiger partial charge >= 0.3 is 0 Å². The van der Waals surface area contributed by atoms with E-state index in [2.05, 4.69) is 5.32 Å². The summed E-state index contributed by atoms with van der Waals surface area (Å²) in [5.41, 5.74) is 1.18. The zero-order valence-electron chi connectivity index (χ0n) is 5.18. The van der Waals surface area contributed by atoms with Crippen LogP contribution in [0.15, 0.2) is 24.3 Å². The minimum atomic E-state index is 1.18. The summed E-state index contributed by atoms with van der Waals surface area (Å²) < 4.78 is 0. The fourth-order valence-electron chi connectivity index (χ4n) is 0.672. The highest BCUT2D eigenvalue weighted by atomic mass is 15.1. The van der Waals surface area contributed by atoms with E-state index in [0.29, 0.717) is 0 Å². The third kappa shape index (κ3) is 1.03. The van der Waals surface area contributed by atoms with Crippen molar-refractivity contribution >= 4 is 0 Å². The lowest BCUT2D eigenvalue weighted by Crippen LogP contribution is -2.14. The maximum Gasteiger partial charge on any atom is 0.0280 e. The lowest BCUT2D eigenvalue weighted by atomic mass is 10.4. The molecule has 0 aromatic carbocycles. The van der Waals surface area contributed by atoms with E-state index in [0.717, 1.165) is 0 Å². The quantitative estimate of drug-likeness (QED) is 0.497. The summed E-state index contributed by atoms with van der Waals surface area (Å²) in [5.74, 6) is 0. The van der Waals surface area contributed by atoms with Crippen LogP contribution in [0.2, 0.25) is 0 Å². The van der Waals surface area contributed by atoms with Gasteiger partial charge in [-0.15, -0.1) is 0 Å². The molecule has 0 fully saturated rings. The fraction of sp³-hybridized carbons (Fsp3) is 0.333. The normalized spacial score (nSPS) is 17.8. The molecular weight excluding hydrogens is 100 g/mol. The second-order valence-electron chi connectivity index (χ2n) is 1.94. The average molecular weight is 110 g/mol. The van der Waals surface area contributed by atoms with Crippen molar-refractivity contribution in [2.75, 3.05) is 7.05 Å². The van der Waals surface area contributed by atoms with Crippen LogP contribution in [0.5, 0.6) is 0 Å². The van der Waals surface area contributed by atoms with E-state index in [1.807, 2.05) is 37.5 Å². The van der Waals surface area contributed by atoms with Gasteiger partial charge in [0, 0.05) is 31.3 Å². The molecule has 0 bridgehead atoms. The maximum atomic E-state index is 3.05. The van der Waals surface area contributed by atoms with Crippen LogP contribution in [0.1, 0.15) is 6.92 Å². The van der Waals surface area contributed by atoms with Gasteiger partial charge in [-0.2, -0.15) is 0 Å². The number of nitrogens with zero attached hydrogens (tertiary/aromatic N) is 1. The average Bonchev–Trinajstić information content (AvgIpc) is 1.64. The molecule has 8 heavy (non-hydrogen) atoms. The Balaban J connectivity index is 2.60. The molecule has 0 aliphatic carbocycles. The summed E-state index contributed by atoms with van der Waals surface area (Å²) in [4.78, 5) is 2.01. The van der Waals surface area contributed by atoms with E-state index in [9.17, 15) is 0 Å². The van der Waals surface area contributed by atoms with E-state index in [1.54, 1.807) is 0 Å². The van der Waals surface area contributed by atoms with E-state index in [1.165, 1.54) is 5.70 Å². The number of hydrogen-bond acceptors (Lipinski definition) is 2. The molecule has 0 atom stereocenters. The molecule has 1 aliphatic rings. The molecule has 1 N–H and O–H groups in total. The van der Waals surface area contributed by atoms with Gasteiger partial charge in [0.2, 0.25) is 0 Å². The highest BCUT2D eigenvalue weighted by Crippen LogP contribution is 1.96. The maximum absolute atomic E-state index is 3.05. The number of rotatable bonds is 0. The van der Waals surface area contributed by atoms with Crippen LogP contribution in [0.3, 0.4) is 0 Å². The number of hydrogen-bond donors (Lipinski definition) is 1. The Kier molecular flexibility index (Phi) is 1.24. The zero-order valence-corrected chi connectivity index (χ0v) is 5.18. The predicted octanol–water partition coefficient (Wildman–Crippen LogP) is 0.854. The summed E-state index contributed by atoms with van der Waals surface area (Å²) >= 11 is 0. The first-order valence-corrected chi connectivity index (χ1v) is 2.62. The minimum Gasteiger partial charge on any atom is -0.363 e. The van der Waals surface area contributed by atoms with Crippen molar-refractivity contribution < 1.29 is 0 Å². The molecule has 0 saturated heterocycles. The van der Waals surface area contributed by atoms with Gasteiger partial charge in [0.15, 0.2) is 0 Å². The van der Waals surface area contributed by atoms with Crippen LogP contribution in [0.4, 0.5) is 0 Å². The van der Waals surface area contributed by atoms with Gasteiger partial charge in [-0.1, -0.05) is 0 Å². The summed E-state index contributed by atoms with van der Waals surface area (Å²) in [5, 5.41) is 3.05. The standard InChI is InChI=1S/C6H10N2/c1-6-5-8(2)4-3-7-6/h3-5,7H,1-2H3. The fourth-order valence-corrected chi connectivity index (χ4v) is 0.672. The van der Waals surface area contributed by atoms with E-state index in [4.69, 9.17) is 0 Å². The van der Waals surface area contributed by atoms with Crippen LogP contribution < -0.4 is 5.32 Å². The Morgan fingerprint density at radius 2 is 2.38 bits per heavy atom. The molecule has 1 aliphatic heterocycles. The second-order valence-corrected chi connectivity index (χ2v) is 1.94. The van der Waals surface area contributed by atoms with Gasteiger partial charge in [0.05, 0.1) is 0 Å². The van der Waals surface area contributed by atoms with Crippen LogP contribution in [0.25, 0.3) is 0 Å². The largest absolute Gasteiger partial charge is 0.363 e.